The standard InChI is InChI=1S/C37H44BrN7O6Si/c1-7-14-26(19-20-51-52(37(2,3)4,27-15-10-8-11-16-27)28-17-12-9-13-18-28)40-32-30-29(41-35(42-32)43-36(48)50-6)31(38)44-45(30)23-25-21-24(34(46)47)22-39-33(25)49-5/h8-13,15-18,21-22,26H,7,14,19-20,23H2,1-6H3,(H,46,47)(H2,40,41,42,43,48)/t26-/m0/s1. The van der Waals surface area contributed by atoms with E-state index in [0.29, 0.717) is 40.0 Å². The second kappa shape index (κ2) is 16.6. The van der Waals surface area contributed by atoms with E-state index in [2.05, 4.69) is 118 Å². The summed E-state index contributed by atoms with van der Waals surface area (Å²) in [5.74, 6) is -0.420. The van der Waals surface area contributed by atoms with E-state index in [0.717, 1.165) is 12.8 Å². The number of carbonyl (C=O) groups is 2. The number of carboxylic acid groups (broad SMARTS) is 1. The van der Waals surface area contributed by atoms with Crippen LogP contribution >= 0.6 is 15.9 Å². The minimum atomic E-state index is -2.77. The fraction of sp³-hybridized carbons (Fsp3) is 0.351. The molecular formula is C37H44BrN7O6Si. The average molecular weight is 791 g/mol. The molecule has 0 aliphatic rings. The van der Waals surface area contributed by atoms with Crippen LogP contribution in [0.3, 0.4) is 0 Å². The first-order chi connectivity index (χ1) is 24.9. The van der Waals surface area contributed by atoms with Crippen LogP contribution in [0.2, 0.25) is 5.04 Å². The summed E-state index contributed by atoms with van der Waals surface area (Å²) >= 11 is 3.53. The van der Waals surface area contributed by atoms with E-state index in [9.17, 15) is 14.7 Å². The zero-order chi connectivity index (χ0) is 37.5. The number of halogens is 1. The van der Waals surface area contributed by atoms with Gasteiger partial charge in [0.15, 0.2) is 10.4 Å². The molecule has 1 atom stereocenters. The second-order valence-electron chi connectivity index (χ2n) is 13.3. The Morgan fingerprint density at radius 1 is 1.00 bits per heavy atom. The lowest BCUT2D eigenvalue weighted by molar-refractivity contribution is 0.0696. The summed E-state index contributed by atoms with van der Waals surface area (Å²) in [4.78, 5) is 37.5. The molecule has 0 fully saturated rings. The van der Waals surface area contributed by atoms with Gasteiger partial charge < -0.3 is 24.3 Å². The molecule has 0 bridgehead atoms. The molecule has 5 aromatic rings. The number of aromatic carboxylic acids is 1. The Morgan fingerprint density at radius 2 is 1.65 bits per heavy atom. The summed E-state index contributed by atoms with van der Waals surface area (Å²) in [7, 11) is -0.0445. The maximum atomic E-state index is 12.2. The number of methoxy groups -OCH3 is 2. The third-order valence-electron chi connectivity index (χ3n) is 8.81. The van der Waals surface area contributed by atoms with E-state index in [4.69, 9.17) is 18.9 Å². The monoisotopic (exact) mass is 789 g/mol. The molecule has 5 rings (SSSR count). The lowest BCUT2D eigenvalue weighted by Gasteiger charge is -2.43. The van der Waals surface area contributed by atoms with Gasteiger partial charge in [-0.3, -0.25) is 10.00 Å². The Morgan fingerprint density at radius 3 is 2.21 bits per heavy atom. The highest BCUT2D eigenvalue weighted by Gasteiger charge is 2.50. The van der Waals surface area contributed by atoms with Gasteiger partial charge in [0.25, 0.3) is 8.32 Å². The molecular weight excluding hydrogens is 746 g/mol. The number of anilines is 2. The number of benzene rings is 2. The van der Waals surface area contributed by atoms with E-state index < -0.39 is 20.4 Å². The first-order valence-electron chi connectivity index (χ1n) is 17.0. The van der Waals surface area contributed by atoms with Gasteiger partial charge in [-0.25, -0.2) is 19.6 Å². The Hall–Kier alpha value is -4.86. The number of hydrogen-bond donors (Lipinski definition) is 3. The average Bonchev–Trinajstić information content (AvgIpc) is 3.44. The van der Waals surface area contributed by atoms with Crippen molar-refractivity contribution in [2.75, 3.05) is 31.5 Å². The minimum absolute atomic E-state index is 0.00869. The number of hydrogen-bond acceptors (Lipinski definition) is 10. The van der Waals surface area contributed by atoms with Crippen LogP contribution in [0.4, 0.5) is 16.6 Å². The predicted octanol–water partition coefficient (Wildman–Crippen LogP) is 6.46. The van der Waals surface area contributed by atoms with Crippen LogP contribution in [-0.2, 0) is 15.7 Å². The molecule has 3 N–H and O–H groups in total. The van der Waals surface area contributed by atoms with Crippen molar-refractivity contribution in [2.45, 2.75) is 64.6 Å². The molecule has 0 aliphatic carbocycles. The SMILES string of the molecule is CCC[C@@H](CCO[Si](c1ccccc1)(c1ccccc1)C(C)(C)C)Nc1nc(NC(=O)OC)nc2c(Br)nn(Cc3cc(C(=O)O)cnc3OC)c12. The molecule has 1 amide bonds. The molecule has 15 heteroatoms. The van der Waals surface area contributed by atoms with Crippen molar-refractivity contribution in [1.29, 1.82) is 0 Å². The van der Waals surface area contributed by atoms with Crippen LogP contribution in [0.5, 0.6) is 5.88 Å². The highest BCUT2D eigenvalue weighted by atomic mass is 79.9. The molecule has 52 heavy (non-hydrogen) atoms. The Balaban J connectivity index is 1.53. The van der Waals surface area contributed by atoms with Crippen molar-refractivity contribution in [3.8, 4) is 5.88 Å². The largest absolute Gasteiger partial charge is 0.481 e. The number of fused-ring (bicyclic) bond motifs is 1. The van der Waals surface area contributed by atoms with Crippen molar-refractivity contribution in [2.24, 2.45) is 0 Å². The van der Waals surface area contributed by atoms with Gasteiger partial charge in [0.2, 0.25) is 11.8 Å². The highest BCUT2D eigenvalue weighted by Crippen LogP contribution is 2.37. The molecule has 0 saturated heterocycles. The predicted molar refractivity (Wildman–Crippen MR) is 206 cm³/mol. The van der Waals surface area contributed by atoms with Gasteiger partial charge in [-0.05, 0) is 50.2 Å². The fourth-order valence-corrected chi connectivity index (χ4v) is 11.5. The van der Waals surface area contributed by atoms with Crippen LogP contribution in [-0.4, -0.2) is 77.1 Å². The maximum Gasteiger partial charge on any atom is 0.413 e. The summed E-state index contributed by atoms with van der Waals surface area (Å²) in [6, 6.07) is 22.5. The summed E-state index contributed by atoms with van der Waals surface area (Å²) in [6.07, 6.45) is 2.85. The first-order valence-corrected chi connectivity index (χ1v) is 19.7. The summed E-state index contributed by atoms with van der Waals surface area (Å²) in [6.45, 7) is 9.45. The Bertz CT molecular complexity index is 1970. The lowest BCUT2D eigenvalue weighted by atomic mass is 10.1. The number of ether oxygens (including phenoxy) is 2. The molecule has 3 heterocycles. The van der Waals surface area contributed by atoms with Crippen molar-refractivity contribution >= 4 is 69.5 Å². The molecule has 274 valence electrons. The number of rotatable bonds is 15. The zero-order valence-electron chi connectivity index (χ0n) is 30.1. The topological polar surface area (TPSA) is 163 Å². The van der Waals surface area contributed by atoms with Crippen molar-refractivity contribution in [1.82, 2.24) is 24.7 Å². The minimum Gasteiger partial charge on any atom is -0.481 e. The molecule has 2 aromatic carbocycles. The van der Waals surface area contributed by atoms with Gasteiger partial charge in [-0.15, -0.1) is 0 Å². The normalized spacial score (nSPS) is 12.4. The van der Waals surface area contributed by atoms with Gasteiger partial charge in [0.1, 0.15) is 11.0 Å². The van der Waals surface area contributed by atoms with Crippen LogP contribution in [0.25, 0.3) is 11.0 Å². The molecule has 0 saturated carbocycles. The van der Waals surface area contributed by atoms with Crippen LogP contribution in [0, 0.1) is 0 Å². The number of nitrogens with one attached hydrogen (secondary N) is 2. The van der Waals surface area contributed by atoms with E-state index in [1.807, 2.05) is 12.1 Å². The number of nitrogens with zero attached hydrogens (tertiary/aromatic N) is 5. The third-order valence-corrected chi connectivity index (χ3v) is 14.4. The van der Waals surface area contributed by atoms with Gasteiger partial charge in [-0.2, -0.15) is 10.1 Å². The number of aromatic nitrogens is 5. The van der Waals surface area contributed by atoms with E-state index in [-0.39, 0.29) is 35.0 Å². The summed E-state index contributed by atoms with van der Waals surface area (Å²) < 4.78 is 19.5. The van der Waals surface area contributed by atoms with Crippen LogP contribution in [0.1, 0.15) is 62.9 Å². The molecule has 0 spiro atoms. The highest BCUT2D eigenvalue weighted by molar-refractivity contribution is 9.10. The quantitative estimate of drug-likeness (QED) is 0.0998. The van der Waals surface area contributed by atoms with Crippen molar-refractivity contribution < 1.29 is 28.6 Å². The lowest BCUT2D eigenvalue weighted by Crippen LogP contribution is -2.66. The van der Waals surface area contributed by atoms with Gasteiger partial charge in [-0.1, -0.05) is 94.8 Å². The molecule has 0 unspecified atom stereocenters. The van der Waals surface area contributed by atoms with E-state index >= 15 is 0 Å². The number of carboxylic acids is 1. The maximum absolute atomic E-state index is 12.2. The van der Waals surface area contributed by atoms with Crippen LogP contribution < -0.4 is 25.7 Å². The molecule has 13 nitrogen and oxygen atoms in total. The van der Waals surface area contributed by atoms with Gasteiger partial charge in [0, 0.05) is 24.4 Å². The third kappa shape index (κ3) is 8.27. The van der Waals surface area contributed by atoms with Gasteiger partial charge >= 0.3 is 12.1 Å². The van der Waals surface area contributed by atoms with E-state index in [1.54, 1.807) is 4.68 Å². The number of amides is 1. The van der Waals surface area contributed by atoms with Crippen LogP contribution in [0.15, 0.2) is 77.5 Å². The smallest absolute Gasteiger partial charge is 0.413 e. The molecule has 0 aliphatic heterocycles. The van der Waals surface area contributed by atoms with Crippen molar-refractivity contribution in [3.63, 3.8) is 0 Å². The van der Waals surface area contributed by atoms with E-state index in [1.165, 1.54) is 36.9 Å². The fourth-order valence-electron chi connectivity index (χ4n) is 6.48. The Kier molecular flexibility index (Phi) is 12.3. The summed E-state index contributed by atoms with van der Waals surface area (Å²) in [5.41, 5.74) is 1.45. The summed E-state index contributed by atoms with van der Waals surface area (Å²) in [5, 5.41) is 22.7. The number of carbonyl (C=O) groups excluding carboxylic acids is 1. The molecule has 3 aromatic heterocycles. The zero-order valence-corrected chi connectivity index (χ0v) is 32.7. The second-order valence-corrected chi connectivity index (χ2v) is 18.3. The molecule has 0 radical (unpaired) electrons. The van der Waals surface area contributed by atoms with Gasteiger partial charge in [0.05, 0.1) is 26.3 Å². The number of pyridine rings is 1. The van der Waals surface area contributed by atoms with Crippen molar-refractivity contribution in [3.05, 3.63) is 88.7 Å². The Labute approximate surface area is 312 Å². The first kappa shape index (κ1) is 38.4.